The van der Waals surface area contributed by atoms with Crippen LogP contribution in [0.3, 0.4) is 0 Å². The first-order valence-corrected chi connectivity index (χ1v) is 7.17. The highest BCUT2D eigenvalue weighted by Gasteiger charge is 2.08. The Morgan fingerprint density at radius 1 is 1.33 bits per heavy atom. The van der Waals surface area contributed by atoms with Gasteiger partial charge in [-0.1, -0.05) is 30.3 Å². The third-order valence-electron chi connectivity index (χ3n) is 3.29. The maximum Gasteiger partial charge on any atom is 0.220 e. The summed E-state index contributed by atoms with van der Waals surface area (Å²) in [7, 11) is 0. The Morgan fingerprint density at radius 3 is 2.86 bits per heavy atom. The molecule has 0 aliphatic heterocycles. The third kappa shape index (κ3) is 5.35. The average Bonchev–Trinajstić information content (AvgIpc) is 3.03. The number of aromatic nitrogens is 3. The summed E-state index contributed by atoms with van der Waals surface area (Å²) < 4.78 is 0. The van der Waals surface area contributed by atoms with Crippen molar-refractivity contribution in [3.05, 3.63) is 48.0 Å². The molecule has 1 unspecified atom stereocenters. The summed E-state index contributed by atoms with van der Waals surface area (Å²) in [6.45, 7) is 0.639. The Labute approximate surface area is 124 Å². The zero-order valence-electron chi connectivity index (χ0n) is 12.0. The Morgan fingerprint density at radius 2 is 2.14 bits per heavy atom. The van der Waals surface area contributed by atoms with Gasteiger partial charge < -0.3 is 11.1 Å². The van der Waals surface area contributed by atoms with Gasteiger partial charge in [0.25, 0.3) is 0 Å². The molecule has 21 heavy (non-hydrogen) atoms. The van der Waals surface area contributed by atoms with E-state index in [9.17, 15) is 4.79 Å². The van der Waals surface area contributed by atoms with Crippen molar-refractivity contribution in [1.29, 1.82) is 0 Å². The minimum Gasteiger partial charge on any atom is -0.356 e. The molecular weight excluding hydrogens is 266 g/mol. The van der Waals surface area contributed by atoms with Gasteiger partial charge in [0.1, 0.15) is 12.2 Å². The lowest BCUT2D eigenvalue weighted by atomic mass is 10.0. The van der Waals surface area contributed by atoms with E-state index in [0.717, 1.165) is 24.2 Å². The molecule has 0 bridgehead atoms. The summed E-state index contributed by atoms with van der Waals surface area (Å²) in [6.07, 6.45) is 4.20. The Balaban J connectivity index is 1.59. The number of hydrogen-bond donors (Lipinski definition) is 3. The zero-order valence-corrected chi connectivity index (χ0v) is 12.0. The number of nitrogens with zero attached hydrogens (tertiary/aromatic N) is 2. The number of carbonyl (C=O) groups is 1. The summed E-state index contributed by atoms with van der Waals surface area (Å²) in [5, 5.41) is 9.46. The molecule has 0 saturated carbocycles. The van der Waals surface area contributed by atoms with Crippen molar-refractivity contribution in [3.63, 3.8) is 0 Å². The van der Waals surface area contributed by atoms with Gasteiger partial charge in [0.2, 0.25) is 5.91 Å². The van der Waals surface area contributed by atoms with Crippen LogP contribution in [0, 0.1) is 0 Å². The van der Waals surface area contributed by atoms with E-state index < -0.39 is 0 Å². The molecule has 0 saturated heterocycles. The molecule has 1 aromatic carbocycles. The molecule has 2 aromatic rings. The molecule has 0 radical (unpaired) electrons. The highest BCUT2D eigenvalue weighted by molar-refractivity contribution is 5.75. The van der Waals surface area contributed by atoms with Crippen LogP contribution in [0.25, 0.3) is 0 Å². The second-order valence-corrected chi connectivity index (χ2v) is 4.94. The monoisotopic (exact) mass is 287 g/mol. The molecule has 2 rings (SSSR count). The van der Waals surface area contributed by atoms with Crippen LogP contribution in [0.2, 0.25) is 0 Å². The van der Waals surface area contributed by atoms with Crippen molar-refractivity contribution in [3.8, 4) is 0 Å². The van der Waals surface area contributed by atoms with Crippen LogP contribution in [-0.4, -0.2) is 27.6 Å². The number of nitrogens with one attached hydrogen (secondary N) is 2. The van der Waals surface area contributed by atoms with Gasteiger partial charge in [0.05, 0.1) is 0 Å². The fourth-order valence-corrected chi connectivity index (χ4v) is 2.08. The van der Waals surface area contributed by atoms with E-state index in [0.29, 0.717) is 19.4 Å². The van der Waals surface area contributed by atoms with E-state index in [1.54, 1.807) is 0 Å². The van der Waals surface area contributed by atoms with Gasteiger partial charge in [0, 0.05) is 25.4 Å². The van der Waals surface area contributed by atoms with E-state index in [-0.39, 0.29) is 11.9 Å². The van der Waals surface area contributed by atoms with Gasteiger partial charge in [0.15, 0.2) is 0 Å². The quantitative estimate of drug-likeness (QED) is 0.638. The molecule has 1 atom stereocenters. The van der Waals surface area contributed by atoms with Gasteiger partial charge >= 0.3 is 0 Å². The number of H-pyrrole nitrogens is 1. The summed E-state index contributed by atoms with van der Waals surface area (Å²) >= 11 is 0. The van der Waals surface area contributed by atoms with E-state index in [1.807, 2.05) is 30.3 Å². The van der Waals surface area contributed by atoms with Crippen LogP contribution in [-0.2, 0) is 11.2 Å². The molecule has 1 heterocycles. The molecule has 4 N–H and O–H groups in total. The van der Waals surface area contributed by atoms with Gasteiger partial charge in [-0.3, -0.25) is 9.89 Å². The van der Waals surface area contributed by atoms with E-state index in [4.69, 9.17) is 5.73 Å². The molecular formula is C15H21N5O. The summed E-state index contributed by atoms with van der Waals surface area (Å²) in [4.78, 5) is 15.8. The predicted molar refractivity (Wildman–Crippen MR) is 80.3 cm³/mol. The van der Waals surface area contributed by atoms with Crippen molar-refractivity contribution in [2.75, 3.05) is 6.54 Å². The van der Waals surface area contributed by atoms with E-state index in [1.165, 1.54) is 6.33 Å². The lowest BCUT2D eigenvalue weighted by Gasteiger charge is -2.11. The second kappa shape index (κ2) is 8.16. The molecule has 112 valence electrons. The fourth-order valence-electron chi connectivity index (χ4n) is 2.08. The SMILES string of the molecule is NC(CCC(=O)NCCCc1ncn[nH]1)c1ccccc1. The molecule has 1 aromatic heterocycles. The molecule has 0 aliphatic carbocycles. The minimum absolute atomic E-state index is 0.0407. The normalized spacial score (nSPS) is 12.0. The van der Waals surface area contributed by atoms with Gasteiger partial charge in [-0.25, -0.2) is 4.98 Å². The van der Waals surface area contributed by atoms with E-state index in [2.05, 4.69) is 20.5 Å². The van der Waals surface area contributed by atoms with Gasteiger partial charge in [-0.2, -0.15) is 5.10 Å². The Bertz CT molecular complexity index is 526. The topological polar surface area (TPSA) is 96.7 Å². The van der Waals surface area contributed by atoms with Crippen LogP contribution in [0.1, 0.15) is 36.7 Å². The van der Waals surface area contributed by atoms with Crippen molar-refractivity contribution in [2.24, 2.45) is 5.73 Å². The molecule has 0 aliphatic rings. The lowest BCUT2D eigenvalue weighted by Crippen LogP contribution is -2.25. The maximum atomic E-state index is 11.7. The Hall–Kier alpha value is -2.21. The standard InChI is InChI=1S/C15H21N5O/c16-13(12-5-2-1-3-6-12)8-9-15(21)17-10-4-7-14-18-11-19-20-14/h1-3,5-6,11,13H,4,7-10,16H2,(H,17,21)(H,18,19,20). The molecule has 0 spiro atoms. The molecule has 6 heteroatoms. The van der Waals surface area contributed by atoms with E-state index >= 15 is 0 Å². The number of hydrogen-bond acceptors (Lipinski definition) is 4. The second-order valence-electron chi connectivity index (χ2n) is 4.94. The highest BCUT2D eigenvalue weighted by Crippen LogP contribution is 2.14. The highest BCUT2D eigenvalue weighted by atomic mass is 16.1. The van der Waals surface area contributed by atoms with Crippen LogP contribution < -0.4 is 11.1 Å². The Kier molecular flexibility index (Phi) is 5.90. The van der Waals surface area contributed by atoms with Crippen molar-refractivity contribution < 1.29 is 4.79 Å². The smallest absolute Gasteiger partial charge is 0.220 e. The van der Waals surface area contributed by atoms with Gasteiger partial charge in [-0.15, -0.1) is 0 Å². The number of amides is 1. The molecule has 6 nitrogen and oxygen atoms in total. The lowest BCUT2D eigenvalue weighted by molar-refractivity contribution is -0.121. The number of carbonyl (C=O) groups excluding carboxylic acids is 1. The van der Waals surface area contributed by atoms with Crippen LogP contribution in [0.4, 0.5) is 0 Å². The largest absolute Gasteiger partial charge is 0.356 e. The summed E-state index contributed by atoms with van der Waals surface area (Å²) in [5.41, 5.74) is 7.13. The third-order valence-corrected chi connectivity index (χ3v) is 3.29. The summed E-state index contributed by atoms with van der Waals surface area (Å²) in [6, 6.07) is 9.75. The minimum atomic E-state index is -0.0915. The number of aryl methyl sites for hydroxylation is 1. The van der Waals surface area contributed by atoms with Gasteiger partial charge in [-0.05, 0) is 18.4 Å². The fraction of sp³-hybridized carbons (Fsp3) is 0.400. The summed E-state index contributed by atoms with van der Waals surface area (Å²) in [5.74, 6) is 0.884. The van der Waals surface area contributed by atoms with Crippen LogP contribution in [0.5, 0.6) is 0 Å². The first-order valence-electron chi connectivity index (χ1n) is 7.17. The molecule has 1 amide bonds. The first kappa shape index (κ1) is 15.2. The average molecular weight is 287 g/mol. The number of rotatable bonds is 8. The predicted octanol–water partition coefficient (Wildman–Crippen LogP) is 1.33. The zero-order chi connectivity index (χ0) is 14.9. The number of nitrogens with two attached hydrogens (primary N) is 1. The van der Waals surface area contributed by atoms with Crippen molar-refractivity contribution >= 4 is 5.91 Å². The van der Waals surface area contributed by atoms with Crippen LogP contribution in [0.15, 0.2) is 36.7 Å². The van der Waals surface area contributed by atoms with Crippen molar-refractivity contribution in [2.45, 2.75) is 31.7 Å². The van der Waals surface area contributed by atoms with Crippen molar-refractivity contribution in [1.82, 2.24) is 20.5 Å². The number of benzene rings is 1. The maximum absolute atomic E-state index is 11.7. The first-order chi connectivity index (χ1) is 10.3. The number of aromatic amines is 1. The molecule has 0 fully saturated rings. The van der Waals surface area contributed by atoms with Crippen LogP contribution >= 0.6 is 0 Å².